The van der Waals surface area contributed by atoms with Crippen LogP contribution in [0.15, 0.2) is 0 Å². The first-order valence-corrected chi connectivity index (χ1v) is 24.2. The minimum atomic E-state index is 0.534. The van der Waals surface area contributed by atoms with Crippen LogP contribution < -0.4 is 0 Å². The van der Waals surface area contributed by atoms with Crippen LogP contribution in [0.4, 0.5) is 0 Å². The van der Waals surface area contributed by atoms with Crippen LogP contribution in [0.3, 0.4) is 0 Å². The quantitative estimate of drug-likeness (QED) is 0.0476. The van der Waals surface area contributed by atoms with Crippen LogP contribution in [-0.2, 0) is 0 Å². The minimum absolute atomic E-state index is 0.534. The van der Waals surface area contributed by atoms with E-state index < -0.39 is 0 Å². The molecule has 0 aromatic carbocycles. The molecular weight excluding hydrogens is 601 g/mol. The van der Waals surface area contributed by atoms with Crippen LogP contribution >= 0.6 is 35.3 Å². The van der Waals surface area contributed by atoms with Crippen LogP contribution in [-0.4, -0.2) is 26.6 Å². The summed E-state index contributed by atoms with van der Waals surface area (Å²) in [5.74, 6) is 4.25. The molecule has 3 heteroatoms. The van der Waals surface area contributed by atoms with E-state index in [1.165, 1.54) is 236 Å². The molecule has 270 valence electrons. The van der Waals surface area contributed by atoms with Gasteiger partial charge in [0.25, 0.3) is 0 Å². The molecule has 0 aromatic rings. The Kier molecular flexibility index (Phi) is 34.2. The fourth-order valence-electron chi connectivity index (χ4n) is 7.13. The van der Waals surface area contributed by atoms with Crippen molar-refractivity contribution < 1.29 is 0 Å². The summed E-state index contributed by atoms with van der Waals surface area (Å²) < 4.78 is 0.534. The summed E-state index contributed by atoms with van der Waals surface area (Å²) in [5.41, 5.74) is 0. The van der Waals surface area contributed by atoms with Gasteiger partial charge in [-0.2, -0.15) is 11.8 Å². The van der Waals surface area contributed by atoms with Gasteiger partial charge >= 0.3 is 0 Å². The van der Waals surface area contributed by atoms with E-state index in [2.05, 4.69) is 56.1 Å². The Morgan fingerprint density at radius 1 is 0.400 bits per heavy atom. The van der Waals surface area contributed by atoms with Gasteiger partial charge in [0.15, 0.2) is 0 Å². The van der Waals surface area contributed by atoms with Crippen LogP contribution in [0, 0.1) is 0 Å². The first kappa shape index (κ1) is 44.1. The maximum atomic E-state index is 2.42. The zero-order valence-electron chi connectivity index (χ0n) is 31.5. The Morgan fingerprint density at radius 2 is 0.711 bits per heavy atom. The van der Waals surface area contributed by atoms with E-state index in [1.807, 2.05) is 0 Å². The summed E-state index contributed by atoms with van der Waals surface area (Å²) in [4.78, 5) is 0. The average molecular weight is 685 g/mol. The zero-order chi connectivity index (χ0) is 32.4. The van der Waals surface area contributed by atoms with Gasteiger partial charge in [-0.25, -0.2) is 0 Å². The van der Waals surface area contributed by atoms with Crippen molar-refractivity contribution in [2.45, 2.75) is 248 Å². The zero-order valence-corrected chi connectivity index (χ0v) is 33.9. The van der Waals surface area contributed by atoms with Crippen LogP contribution in [0.25, 0.3) is 0 Å². The Bertz CT molecular complexity index is 538. The van der Waals surface area contributed by atoms with Crippen LogP contribution in [0.2, 0.25) is 0 Å². The van der Waals surface area contributed by atoms with Gasteiger partial charge in [0.1, 0.15) is 0 Å². The van der Waals surface area contributed by atoms with Gasteiger partial charge in [0.2, 0.25) is 0 Å². The maximum Gasteiger partial charge on any atom is 0.0621 e. The first-order valence-electron chi connectivity index (χ1n) is 21.2. The van der Waals surface area contributed by atoms with E-state index >= 15 is 0 Å². The topological polar surface area (TPSA) is 0 Å². The van der Waals surface area contributed by atoms with Crippen molar-refractivity contribution in [1.82, 2.24) is 0 Å². The predicted octanol–water partition coefficient (Wildman–Crippen LogP) is 16.6. The summed E-state index contributed by atoms with van der Waals surface area (Å²) in [6.45, 7) is 6.97. The summed E-state index contributed by atoms with van der Waals surface area (Å²) in [7, 11) is 0. The monoisotopic (exact) mass is 685 g/mol. The predicted molar refractivity (Wildman–Crippen MR) is 218 cm³/mol. The molecule has 1 saturated carbocycles. The lowest BCUT2D eigenvalue weighted by molar-refractivity contribution is 0.500. The SMILES string of the molecule is CCCCCCCCCCCCSC1CCCC(SCCCCCCCCCCCC)(SCCCCCCCCCCCC)C1. The Balaban J connectivity index is 2.30. The van der Waals surface area contributed by atoms with Crippen LogP contribution in [0.5, 0.6) is 0 Å². The number of hydrogen-bond donors (Lipinski definition) is 0. The second kappa shape index (κ2) is 34.9. The molecule has 45 heavy (non-hydrogen) atoms. The Labute approximate surface area is 299 Å². The standard InChI is InChI=1S/C42H84S3/c1-4-7-10-13-16-19-22-25-28-31-37-43-41-35-34-36-42(40-41,44-38-32-29-26-23-20-17-14-11-8-5-2)45-39-33-30-27-24-21-18-15-12-9-6-3/h41H,4-40H2,1-3H3. The highest BCUT2D eigenvalue weighted by molar-refractivity contribution is 8.18. The van der Waals surface area contributed by atoms with E-state index in [9.17, 15) is 0 Å². The fourth-order valence-corrected chi connectivity index (χ4v) is 12.3. The van der Waals surface area contributed by atoms with Gasteiger partial charge in [-0.1, -0.05) is 201 Å². The normalized spacial score (nSPS) is 16.5. The number of hydrogen-bond acceptors (Lipinski definition) is 3. The van der Waals surface area contributed by atoms with Crippen LogP contribution in [0.1, 0.15) is 239 Å². The molecule has 0 radical (unpaired) electrons. The van der Waals surface area contributed by atoms with Crippen molar-refractivity contribution in [3.8, 4) is 0 Å². The molecule has 0 heterocycles. The second-order valence-corrected chi connectivity index (χ2v) is 19.4. The summed E-state index contributed by atoms with van der Waals surface area (Å²) in [6, 6.07) is 0. The highest BCUT2D eigenvalue weighted by Gasteiger charge is 2.37. The van der Waals surface area contributed by atoms with Gasteiger partial charge in [-0.05, 0) is 55.8 Å². The van der Waals surface area contributed by atoms with E-state index in [1.54, 1.807) is 0 Å². The maximum absolute atomic E-state index is 2.42. The molecule has 0 N–H and O–H groups in total. The first-order chi connectivity index (χ1) is 22.3. The van der Waals surface area contributed by atoms with Crippen molar-refractivity contribution in [3.63, 3.8) is 0 Å². The second-order valence-electron chi connectivity index (χ2n) is 14.7. The third kappa shape index (κ3) is 28.6. The molecule has 0 nitrogen and oxygen atoms in total. The number of thioether (sulfide) groups is 3. The molecule has 1 aliphatic rings. The van der Waals surface area contributed by atoms with Crippen molar-refractivity contribution in [2.75, 3.05) is 17.3 Å². The van der Waals surface area contributed by atoms with Crippen molar-refractivity contribution >= 4 is 35.3 Å². The molecule has 1 atom stereocenters. The molecular formula is C42H84S3. The molecule has 0 aliphatic heterocycles. The molecule has 1 rings (SSSR count). The third-order valence-corrected chi connectivity index (χ3v) is 15.1. The fraction of sp³-hybridized carbons (Fsp3) is 1.00. The molecule has 0 spiro atoms. The van der Waals surface area contributed by atoms with Gasteiger partial charge < -0.3 is 0 Å². The molecule has 0 bridgehead atoms. The van der Waals surface area contributed by atoms with Gasteiger partial charge in [-0.3, -0.25) is 0 Å². The molecule has 1 unspecified atom stereocenters. The largest absolute Gasteiger partial charge is 0.159 e. The van der Waals surface area contributed by atoms with E-state index in [0.29, 0.717) is 4.08 Å². The highest BCUT2D eigenvalue weighted by Crippen LogP contribution is 2.51. The molecule has 1 aliphatic carbocycles. The molecule has 0 aromatic heterocycles. The van der Waals surface area contributed by atoms with Crippen molar-refractivity contribution in [1.29, 1.82) is 0 Å². The average Bonchev–Trinajstić information content (AvgIpc) is 3.05. The van der Waals surface area contributed by atoms with Crippen molar-refractivity contribution in [3.05, 3.63) is 0 Å². The van der Waals surface area contributed by atoms with E-state index in [4.69, 9.17) is 0 Å². The number of unbranched alkanes of at least 4 members (excludes halogenated alkanes) is 27. The Morgan fingerprint density at radius 3 is 1.07 bits per heavy atom. The summed E-state index contributed by atoms with van der Waals surface area (Å²) in [6.07, 6.45) is 49.7. The van der Waals surface area contributed by atoms with Gasteiger partial charge in [0.05, 0.1) is 4.08 Å². The minimum Gasteiger partial charge on any atom is -0.159 e. The van der Waals surface area contributed by atoms with Gasteiger partial charge in [0, 0.05) is 5.25 Å². The van der Waals surface area contributed by atoms with E-state index in [-0.39, 0.29) is 0 Å². The molecule has 1 fully saturated rings. The lowest BCUT2D eigenvalue weighted by atomic mass is 9.99. The Hall–Kier alpha value is 1.05. The van der Waals surface area contributed by atoms with Crippen molar-refractivity contribution in [2.24, 2.45) is 0 Å². The highest BCUT2D eigenvalue weighted by atomic mass is 32.2. The lowest BCUT2D eigenvalue weighted by Crippen LogP contribution is -2.31. The smallest absolute Gasteiger partial charge is 0.0621 e. The van der Waals surface area contributed by atoms with Gasteiger partial charge in [-0.15, -0.1) is 23.5 Å². The summed E-state index contributed by atoms with van der Waals surface area (Å²) in [5, 5.41) is 0.928. The third-order valence-electron chi connectivity index (χ3n) is 10.2. The molecule has 0 saturated heterocycles. The molecule has 0 amide bonds. The summed E-state index contributed by atoms with van der Waals surface area (Å²) >= 11 is 7.20. The lowest BCUT2D eigenvalue weighted by Gasteiger charge is -2.40. The number of rotatable bonds is 36. The van der Waals surface area contributed by atoms with E-state index in [0.717, 1.165) is 5.25 Å².